The van der Waals surface area contributed by atoms with Gasteiger partial charge in [-0.1, -0.05) is 19.1 Å². The number of rotatable bonds is 7. The molecule has 0 aliphatic carbocycles. The second-order valence-electron chi connectivity index (χ2n) is 4.35. The zero-order valence-electron chi connectivity index (χ0n) is 12.2. The second kappa shape index (κ2) is 7.28. The van der Waals surface area contributed by atoms with Crippen molar-refractivity contribution >= 4 is 11.9 Å². The van der Waals surface area contributed by atoms with Crippen LogP contribution in [0.4, 0.5) is 11.9 Å². The molecular weight excluding hydrogens is 270 g/mol. The van der Waals surface area contributed by atoms with Crippen LogP contribution in [0.25, 0.3) is 0 Å². The Bertz CT molecular complexity index is 591. The number of hydrogen-bond donors (Lipinski definition) is 2. The Kier molecular flexibility index (Phi) is 5.14. The highest BCUT2D eigenvalue weighted by molar-refractivity contribution is 5.35. The molecule has 112 valence electrons. The predicted octanol–water partition coefficient (Wildman–Crippen LogP) is 1.86. The number of nitrogens with zero attached hydrogens (tertiary/aromatic N) is 3. The molecule has 0 amide bonds. The summed E-state index contributed by atoms with van der Waals surface area (Å²) in [5.41, 5.74) is 6.69. The third-order valence-corrected chi connectivity index (χ3v) is 2.65. The first-order chi connectivity index (χ1) is 10.2. The standard InChI is InChI=1S/C14H19N5O2/c1-3-7-21-14-18-12(15)17-13(19-14)16-9-10-5-4-6-11(8-10)20-2/h4-6,8H,3,7,9H2,1-2H3,(H3,15,16,17,18,19). The minimum atomic E-state index is 0.129. The quantitative estimate of drug-likeness (QED) is 0.803. The zero-order chi connectivity index (χ0) is 15.1. The lowest BCUT2D eigenvalue weighted by Crippen LogP contribution is -2.09. The Hall–Kier alpha value is -2.57. The number of nitrogens with two attached hydrogens (primary N) is 1. The molecule has 1 heterocycles. The van der Waals surface area contributed by atoms with Crippen molar-refractivity contribution < 1.29 is 9.47 Å². The third kappa shape index (κ3) is 4.48. The molecule has 0 aliphatic heterocycles. The van der Waals surface area contributed by atoms with E-state index in [-0.39, 0.29) is 12.0 Å². The summed E-state index contributed by atoms with van der Waals surface area (Å²) in [6.07, 6.45) is 0.873. The monoisotopic (exact) mass is 289 g/mol. The van der Waals surface area contributed by atoms with Crippen LogP contribution in [-0.4, -0.2) is 28.7 Å². The maximum absolute atomic E-state index is 5.64. The van der Waals surface area contributed by atoms with E-state index in [1.165, 1.54) is 0 Å². The summed E-state index contributed by atoms with van der Waals surface area (Å²) in [5, 5.41) is 3.09. The lowest BCUT2D eigenvalue weighted by molar-refractivity contribution is 0.292. The Morgan fingerprint density at radius 3 is 2.86 bits per heavy atom. The zero-order valence-corrected chi connectivity index (χ0v) is 12.2. The number of hydrogen-bond acceptors (Lipinski definition) is 7. The van der Waals surface area contributed by atoms with Gasteiger partial charge in [-0.15, -0.1) is 0 Å². The number of ether oxygens (including phenoxy) is 2. The van der Waals surface area contributed by atoms with Crippen LogP contribution in [-0.2, 0) is 6.54 Å². The summed E-state index contributed by atoms with van der Waals surface area (Å²) in [6, 6.07) is 7.97. The molecular formula is C14H19N5O2. The fourth-order valence-electron chi connectivity index (χ4n) is 1.67. The number of nitrogens with one attached hydrogen (secondary N) is 1. The fraction of sp³-hybridized carbons (Fsp3) is 0.357. The first-order valence-electron chi connectivity index (χ1n) is 6.72. The van der Waals surface area contributed by atoms with Crippen LogP contribution in [0.15, 0.2) is 24.3 Å². The number of aromatic nitrogens is 3. The summed E-state index contributed by atoms with van der Waals surface area (Å²) < 4.78 is 10.5. The highest BCUT2D eigenvalue weighted by Gasteiger charge is 2.05. The van der Waals surface area contributed by atoms with Crippen LogP contribution < -0.4 is 20.5 Å². The molecule has 0 bridgehead atoms. The van der Waals surface area contributed by atoms with Crippen molar-refractivity contribution in [3.63, 3.8) is 0 Å². The Morgan fingerprint density at radius 1 is 1.24 bits per heavy atom. The lowest BCUT2D eigenvalue weighted by atomic mass is 10.2. The third-order valence-electron chi connectivity index (χ3n) is 2.65. The molecule has 7 nitrogen and oxygen atoms in total. The minimum absolute atomic E-state index is 0.129. The van der Waals surface area contributed by atoms with Gasteiger partial charge in [0.15, 0.2) is 0 Å². The lowest BCUT2D eigenvalue weighted by Gasteiger charge is -2.08. The van der Waals surface area contributed by atoms with Gasteiger partial charge in [-0.2, -0.15) is 15.0 Å². The molecule has 1 aromatic heterocycles. The van der Waals surface area contributed by atoms with Crippen molar-refractivity contribution in [3.8, 4) is 11.8 Å². The molecule has 0 spiro atoms. The summed E-state index contributed by atoms with van der Waals surface area (Å²) in [6.45, 7) is 3.10. The van der Waals surface area contributed by atoms with Crippen molar-refractivity contribution in [2.45, 2.75) is 19.9 Å². The SMILES string of the molecule is CCCOc1nc(N)nc(NCc2cccc(OC)c2)n1. The molecule has 2 rings (SSSR count). The van der Waals surface area contributed by atoms with Crippen molar-refractivity contribution in [1.82, 2.24) is 15.0 Å². The van der Waals surface area contributed by atoms with Gasteiger partial charge in [0.2, 0.25) is 11.9 Å². The van der Waals surface area contributed by atoms with Crippen LogP contribution in [0.3, 0.4) is 0 Å². The first kappa shape index (κ1) is 14.8. The van der Waals surface area contributed by atoms with Crippen molar-refractivity contribution in [1.29, 1.82) is 0 Å². The average molecular weight is 289 g/mol. The van der Waals surface area contributed by atoms with Crippen LogP contribution in [0.1, 0.15) is 18.9 Å². The molecule has 0 atom stereocenters. The Balaban J connectivity index is 2.03. The van der Waals surface area contributed by atoms with E-state index in [0.29, 0.717) is 19.1 Å². The van der Waals surface area contributed by atoms with Crippen LogP contribution in [0.5, 0.6) is 11.8 Å². The fourth-order valence-corrected chi connectivity index (χ4v) is 1.67. The summed E-state index contributed by atoms with van der Waals surface area (Å²) >= 11 is 0. The van der Waals surface area contributed by atoms with Crippen molar-refractivity contribution in [3.05, 3.63) is 29.8 Å². The molecule has 3 N–H and O–H groups in total. The largest absolute Gasteiger partial charge is 0.497 e. The molecule has 0 unspecified atom stereocenters. The highest BCUT2D eigenvalue weighted by atomic mass is 16.5. The summed E-state index contributed by atoms with van der Waals surface area (Å²) in [7, 11) is 1.64. The van der Waals surface area contributed by atoms with Gasteiger partial charge in [0.1, 0.15) is 5.75 Å². The van der Waals surface area contributed by atoms with Crippen LogP contribution in [0.2, 0.25) is 0 Å². The van der Waals surface area contributed by atoms with Gasteiger partial charge < -0.3 is 20.5 Å². The molecule has 7 heteroatoms. The van der Waals surface area contributed by atoms with Crippen molar-refractivity contribution in [2.75, 3.05) is 24.8 Å². The topological polar surface area (TPSA) is 95.2 Å². The number of benzene rings is 1. The predicted molar refractivity (Wildman–Crippen MR) is 80.3 cm³/mol. The minimum Gasteiger partial charge on any atom is -0.497 e. The molecule has 21 heavy (non-hydrogen) atoms. The molecule has 0 radical (unpaired) electrons. The van der Waals surface area contributed by atoms with Gasteiger partial charge in [0.25, 0.3) is 0 Å². The highest BCUT2D eigenvalue weighted by Crippen LogP contribution is 2.14. The van der Waals surface area contributed by atoms with Crippen molar-refractivity contribution in [2.24, 2.45) is 0 Å². The van der Waals surface area contributed by atoms with E-state index in [9.17, 15) is 0 Å². The summed E-state index contributed by atoms with van der Waals surface area (Å²) in [5.74, 6) is 1.32. The van der Waals surface area contributed by atoms with Crippen LogP contribution in [0, 0.1) is 0 Å². The number of nitrogen functional groups attached to an aromatic ring is 1. The van der Waals surface area contributed by atoms with Gasteiger partial charge in [-0.05, 0) is 24.1 Å². The maximum Gasteiger partial charge on any atom is 0.323 e. The van der Waals surface area contributed by atoms with Gasteiger partial charge in [0, 0.05) is 6.54 Å². The van der Waals surface area contributed by atoms with Gasteiger partial charge in [-0.3, -0.25) is 0 Å². The number of methoxy groups -OCH3 is 1. The second-order valence-corrected chi connectivity index (χ2v) is 4.35. The maximum atomic E-state index is 5.64. The number of anilines is 2. The molecule has 0 aliphatic rings. The molecule has 0 fully saturated rings. The van der Waals surface area contributed by atoms with E-state index in [0.717, 1.165) is 17.7 Å². The van der Waals surface area contributed by atoms with Gasteiger partial charge >= 0.3 is 6.01 Å². The van der Waals surface area contributed by atoms with E-state index in [2.05, 4.69) is 20.3 Å². The average Bonchev–Trinajstić information content (AvgIpc) is 2.50. The summed E-state index contributed by atoms with van der Waals surface area (Å²) in [4.78, 5) is 12.1. The normalized spacial score (nSPS) is 10.2. The smallest absolute Gasteiger partial charge is 0.323 e. The van der Waals surface area contributed by atoms with E-state index in [1.54, 1.807) is 7.11 Å². The van der Waals surface area contributed by atoms with E-state index >= 15 is 0 Å². The molecule has 0 saturated carbocycles. The molecule has 0 saturated heterocycles. The molecule has 2 aromatic rings. The van der Waals surface area contributed by atoms with Gasteiger partial charge in [0.05, 0.1) is 13.7 Å². The van der Waals surface area contributed by atoms with E-state index < -0.39 is 0 Å². The molecule has 1 aromatic carbocycles. The van der Waals surface area contributed by atoms with Crippen LogP contribution >= 0.6 is 0 Å². The Morgan fingerprint density at radius 2 is 2.10 bits per heavy atom. The van der Waals surface area contributed by atoms with E-state index in [1.807, 2.05) is 31.2 Å². The van der Waals surface area contributed by atoms with Gasteiger partial charge in [-0.25, -0.2) is 0 Å². The first-order valence-corrected chi connectivity index (χ1v) is 6.72. The Labute approximate surface area is 123 Å². The van der Waals surface area contributed by atoms with E-state index in [4.69, 9.17) is 15.2 Å².